The van der Waals surface area contributed by atoms with Crippen molar-refractivity contribution in [3.05, 3.63) is 0 Å². The average Bonchev–Trinajstić information content (AvgIpc) is 2.48. The number of rotatable bonds is 6. The number of hydrogen-bond acceptors (Lipinski definition) is 3. The molecule has 0 aliphatic heterocycles. The van der Waals surface area contributed by atoms with Crippen molar-refractivity contribution in [1.29, 1.82) is 0 Å². The number of hydrogen-bond donors (Lipinski definition) is 2. The highest BCUT2D eigenvalue weighted by atomic mass is 32.2. The van der Waals surface area contributed by atoms with Crippen LogP contribution in [0.5, 0.6) is 0 Å². The van der Waals surface area contributed by atoms with Crippen molar-refractivity contribution in [1.82, 2.24) is 10.0 Å². The first kappa shape index (κ1) is 16.2. The molecule has 0 aromatic carbocycles. The van der Waals surface area contributed by atoms with Crippen LogP contribution in [0.3, 0.4) is 0 Å². The summed E-state index contributed by atoms with van der Waals surface area (Å²) in [6, 6.07) is 0.541. The van der Waals surface area contributed by atoms with Crippen molar-refractivity contribution >= 4 is 10.0 Å². The standard InChI is InChI=1S/C15H30N2O2S/c1-16-20(18,19)12-11-17-15-10-6-5-9-14(15)13-7-3-2-4-8-13/h13-17H,2-12H2,1H3. The highest BCUT2D eigenvalue weighted by molar-refractivity contribution is 7.89. The molecule has 4 nitrogen and oxygen atoms in total. The molecule has 2 atom stereocenters. The Kier molecular flexibility index (Phi) is 6.30. The van der Waals surface area contributed by atoms with E-state index in [2.05, 4.69) is 10.0 Å². The van der Waals surface area contributed by atoms with Crippen molar-refractivity contribution < 1.29 is 8.42 Å². The summed E-state index contributed by atoms with van der Waals surface area (Å²) in [4.78, 5) is 0. The Hall–Kier alpha value is -0.130. The summed E-state index contributed by atoms with van der Waals surface area (Å²) >= 11 is 0. The van der Waals surface area contributed by atoms with E-state index in [1.54, 1.807) is 0 Å². The average molecular weight is 302 g/mol. The van der Waals surface area contributed by atoms with Crippen molar-refractivity contribution in [3.8, 4) is 0 Å². The normalized spacial score (nSPS) is 29.4. The quantitative estimate of drug-likeness (QED) is 0.791. The lowest BCUT2D eigenvalue weighted by atomic mass is 9.71. The van der Waals surface area contributed by atoms with E-state index in [1.807, 2.05) is 0 Å². The molecule has 118 valence electrons. The van der Waals surface area contributed by atoms with Crippen LogP contribution in [0.2, 0.25) is 0 Å². The van der Waals surface area contributed by atoms with Crippen LogP contribution in [0.25, 0.3) is 0 Å². The third kappa shape index (κ3) is 4.71. The molecule has 0 radical (unpaired) electrons. The lowest BCUT2D eigenvalue weighted by molar-refractivity contribution is 0.151. The Morgan fingerprint density at radius 3 is 2.30 bits per heavy atom. The molecule has 2 N–H and O–H groups in total. The van der Waals surface area contributed by atoms with Crippen LogP contribution in [0.15, 0.2) is 0 Å². The lowest BCUT2D eigenvalue weighted by Gasteiger charge is -2.39. The first-order chi connectivity index (χ1) is 9.62. The summed E-state index contributed by atoms with van der Waals surface area (Å²) < 4.78 is 25.3. The molecule has 2 fully saturated rings. The summed E-state index contributed by atoms with van der Waals surface area (Å²) in [5.41, 5.74) is 0. The molecule has 0 bridgehead atoms. The summed E-state index contributed by atoms with van der Waals surface area (Å²) in [6.07, 6.45) is 12.2. The van der Waals surface area contributed by atoms with Crippen molar-refractivity contribution in [2.24, 2.45) is 11.8 Å². The summed E-state index contributed by atoms with van der Waals surface area (Å²) in [6.45, 7) is 0.580. The molecule has 5 heteroatoms. The first-order valence-corrected chi connectivity index (χ1v) is 9.92. The van der Waals surface area contributed by atoms with E-state index in [9.17, 15) is 8.42 Å². The van der Waals surface area contributed by atoms with Gasteiger partial charge >= 0.3 is 0 Å². The van der Waals surface area contributed by atoms with Gasteiger partial charge in [-0.25, -0.2) is 13.1 Å². The zero-order valence-electron chi connectivity index (χ0n) is 12.7. The minimum Gasteiger partial charge on any atom is -0.313 e. The van der Waals surface area contributed by atoms with E-state index in [-0.39, 0.29) is 5.75 Å². The van der Waals surface area contributed by atoms with Crippen LogP contribution in [-0.2, 0) is 10.0 Å². The molecule has 20 heavy (non-hydrogen) atoms. The minimum absolute atomic E-state index is 0.192. The number of sulfonamides is 1. The molecule has 0 heterocycles. The Balaban J connectivity index is 1.83. The maximum atomic E-state index is 11.5. The molecule has 2 unspecified atom stereocenters. The Morgan fingerprint density at radius 1 is 0.950 bits per heavy atom. The van der Waals surface area contributed by atoms with Gasteiger partial charge in [-0.3, -0.25) is 0 Å². The summed E-state index contributed by atoms with van der Waals surface area (Å²) in [5.74, 6) is 1.85. The molecule has 2 rings (SSSR count). The largest absolute Gasteiger partial charge is 0.313 e. The van der Waals surface area contributed by atoms with E-state index in [1.165, 1.54) is 64.8 Å². The molecule has 2 aliphatic carbocycles. The van der Waals surface area contributed by atoms with Gasteiger partial charge in [0.1, 0.15) is 0 Å². The molecular weight excluding hydrogens is 272 g/mol. The van der Waals surface area contributed by atoms with Gasteiger partial charge < -0.3 is 5.32 Å². The lowest BCUT2D eigenvalue weighted by Crippen LogP contribution is -2.44. The maximum Gasteiger partial charge on any atom is 0.212 e. The zero-order chi connectivity index (χ0) is 14.4. The Labute approximate surface area is 124 Å². The van der Waals surface area contributed by atoms with Crippen LogP contribution >= 0.6 is 0 Å². The Bertz CT molecular complexity index is 377. The van der Waals surface area contributed by atoms with Gasteiger partial charge in [-0.1, -0.05) is 44.9 Å². The van der Waals surface area contributed by atoms with Crippen molar-refractivity contribution in [2.45, 2.75) is 63.8 Å². The second kappa shape index (κ2) is 7.76. The van der Waals surface area contributed by atoms with Gasteiger partial charge in [0.15, 0.2) is 0 Å². The fourth-order valence-electron chi connectivity index (χ4n) is 4.02. The molecule has 0 amide bonds. The van der Waals surface area contributed by atoms with Gasteiger partial charge in [-0.15, -0.1) is 0 Å². The van der Waals surface area contributed by atoms with Gasteiger partial charge in [0.05, 0.1) is 5.75 Å². The summed E-state index contributed by atoms with van der Waals surface area (Å²) in [7, 11) is -1.59. The van der Waals surface area contributed by atoms with Crippen molar-refractivity contribution in [3.63, 3.8) is 0 Å². The SMILES string of the molecule is CNS(=O)(=O)CCNC1CCCCC1C1CCCCC1. The summed E-state index contributed by atoms with van der Waals surface area (Å²) in [5, 5.41) is 3.54. The van der Waals surface area contributed by atoms with Gasteiger partial charge in [0.2, 0.25) is 10.0 Å². The second-order valence-electron chi connectivity index (χ2n) is 6.43. The molecule has 0 saturated heterocycles. The zero-order valence-corrected chi connectivity index (χ0v) is 13.6. The number of nitrogens with one attached hydrogen (secondary N) is 2. The van der Waals surface area contributed by atoms with Gasteiger partial charge in [-0.05, 0) is 31.7 Å². The highest BCUT2D eigenvalue weighted by Gasteiger charge is 2.32. The van der Waals surface area contributed by atoms with Crippen LogP contribution in [0, 0.1) is 11.8 Å². The second-order valence-corrected chi connectivity index (χ2v) is 8.48. The fraction of sp³-hybridized carbons (Fsp3) is 1.00. The molecular formula is C15H30N2O2S. The van der Waals surface area contributed by atoms with Crippen molar-refractivity contribution in [2.75, 3.05) is 19.3 Å². The van der Waals surface area contributed by atoms with E-state index in [4.69, 9.17) is 0 Å². The van der Waals surface area contributed by atoms with E-state index in [0.29, 0.717) is 12.6 Å². The highest BCUT2D eigenvalue weighted by Crippen LogP contribution is 2.38. The first-order valence-electron chi connectivity index (χ1n) is 8.27. The Morgan fingerprint density at radius 2 is 1.60 bits per heavy atom. The molecule has 2 aliphatic rings. The third-order valence-corrected chi connectivity index (χ3v) is 6.53. The van der Waals surface area contributed by atoms with Gasteiger partial charge in [0.25, 0.3) is 0 Å². The minimum atomic E-state index is -3.08. The van der Waals surface area contributed by atoms with E-state index >= 15 is 0 Å². The maximum absolute atomic E-state index is 11.5. The molecule has 2 saturated carbocycles. The van der Waals surface area contributed by atoms with E-state index < -0.39 is 10.0 Å². The monoisotopic (exact) mass is 302 g/mol. The predicted molar refractivity (Wildman–Crippen MR) is 83.2 cm³/mol. The van der Waals surface area contributed by atoms with Crippen LogP contribution < -0.4 is 10.0 Å². The van der Waals surface area contributed by atoms with Gasteiger partial charge in [0, 0.05) is 12.6 Å². The third-order valence-electron chi connectivity index (χ3n) is 5.16. The van der Waals surface area contributed by atoms with E-state index in [0.717, 1.165) is 11.8 Å². The topological polar surface area (TPSA) is 58.2 Å². The van der Waals surface area contributed by atoms with Gasteiger partial charge in [-0.2, -0.15) is 0 Å². The smallest absolute Gasteiger partial charge is 0.212 e. The molecule has 0 aromatic heterocycles. The predicted octanol–water partition coefficient (Wildman–Crippen LogP) is 2.26. The fourth-order valence-corrected chi connectivity index (χ4v) is 4.61. The molecule has 0 aromatic rings. The van der Waals surface area contributed by atoms with Crippen LogP contribution in [-0.4, -0.2) is 33.8 Å². The molecule has 0 spiro atoms. The van der Waals surface area contributed by atoms with Crippen LogP contribution in [0.1, 0.15) is 57.8 Å². The van der Waals surface area contributed by atoms with Crippen LogP contribution in [0.4, 0.5) is 0 Å².